The molecule has 0 bridgehead atoms. The number of carbonyl (C=O) groups is 1. The Kier molecular flexibility index (Phi) is 4.99. The number of tetrazole rings is 1. The Morgan fingerprint density at radius 3 is 2.96 bits per heavy atom. The molecule has 0 aliphatic carbocycles. The molecule has 3 rings (SSSR count). The smallest absolute Gasteiger partial charge is 0.289 e. The molecule has 23 heavy (non-hydrogen) atoms. The molecule has 3 heterocycles. The molecular weight excluding hydrogens is 300 g/mol. The minimum atomic E-state index is -0.0426. The van der Waals surface area contributed by atoms with Crippen LogP contribution in [0, 0.1) is 0 Å². The van der Waals surface area contributed by atoms with Gasteiger partial charge in [0.25, 0.3) is 5.91 Å². The summed E-state index contributed by atoms with van der Waals surface area (Å²) in [6, 6.07) is 3.43. The van der Waals surface area contributed by atoms with Gasteiger partial charge in [-0.2, -0.15) is 0 Å². The number of hydrogen-bond acceptors (Lipinski definition) is 6. The molecule has 0 saturated carbocycles. The highest BCUT2D eigenvalue weighted by molar-refractivity contribution is 5.91. The van der Waals surface area contributed by atoms with Gasteiger partial charge < -0.3 is 19.0 Å². The van der Waals surface area contributed by atoms with E-state index in [1.54, 1.807) is 23.9 Å². The van der Waals surface area contributed by atoms with Gasteiger partial charge in [0.05, 0.1) is 45.6 Å². The molecule has 1 aliphatic rings. The van der Waals surface area contributed by atoms with Gasteiger partial charge in [0.15, 0.2) is 5.76 Å². The van der Waals surface area contributed by atoms with E-state index in [2.05, 4.69) is 15.5 Å². The highest BCUT2D eigenvalue weighted by Gasteiger charge is 2.27. The maximum atomic E-state index is 12.2. The summed E-state index contributed by atoms with van der Waals surface area (Å²) >= 11 is 0. The summed E-state index contributed by atoms with van der Waals surface area (Å²) in [4.78, 5) is 15.4. The summed E-state index contributed by atoms with van der Waals surface area (Å²) in [5.74, 6) is 1.21. The molecule has 1 aliphatic heterocycles. The first-order valence-corrected chi connectivity index (χ1v) is 7.68. The van der Waals surface area contributed by atoms with Crippen molar-refractivity contribution in [3.63, 3.8) is 0 Å². The fourth-order valence-electron chi connectivity index (χ4n) is 2.68. The van der Waals surface area contributed by atoms with Crippen molar-refractivity contribution < 1.29 is 18.8 Å². The normalized spacial score (nSPS) is 16.0. The third-order valence-electron chi connectivity index (χ3n) is 4.01. The first-order chi connectivity index (χ1) is 11.3. The molecule has 0 radical (unpaired) electrons. The van der Waals surface area contributed by atoms with Crippen LogP contribution in [0.15, 0.2) is 22.8 Å². The molecule has 1 fully saturated rings. The second kappa shape index (κ2) is 7.34. The van der Waals surface area contributed by atoms with Crippen LogP contribution in [0.4, 0.5) is 0 Å². The fraction of sp³-hybridized carbons (Fsp3) is 0.571. The van der Waals surface area contributed by atoms with E-state index >= 15 is 0 Å². The molecule has 1 amide bonds. The van der Waals surface area contributed by atoms with Gasteiger partial charge >= 0.3 is 0 Å². The van der Waals surface area contributed by atoms with Crippen LogP contribution in [-0.4, -0.2) is 70.9 Å². The topological polar surface area (TPSA) is 90.7 Å². The number of ether oxygens (including phenoxy) is 1. The van der Waals surface area contributed by atoms with Crippen molar-refractivity contribution in [2.45, 2.75) is 13.1 Å². The first kappa shape index (κ1) is 15.6. The van der Waals surface area contributed by atoms with E-state index in [4.69, 9.17) is 9.15 Å². The summed E-state index contributed by atoms with van der Waals surface area (Å²) < 4.78 is 12.0. The predicted molar refractivity (Wildman–Crippen MR) is 78.7 cm³/mol. The third kappa shape index (κ3) is 3.74. The van der Waals surface area contributed by atoms with Gasteiger partial charge in [0.1, 0.15) is 6.54 Å². The van der Waals surface area contributed by atoms with E-state index in [0.29, 0.717) is 32.0 Å². The van der Waals surface area contributed by atoms with Crippen molar-refractivity contribution in [2.75, 3.05) is 39.9 Å². The predicted octanol–water partition coefficient (Wildman–Crippen LogP) is -1.55. The number of nitrogens with one attached hydrogen (secondary N) is 1. The van der Waals surface area contributed by atoms with Gasteiger partial charge in [0.2, 0.25) is 5.82 Å². The summed E-state index contributed by atoms with van der Waals surface area (Å²) in [6.45, 7) is 5.11. The second-order valence-electron chi connectivity index (χ2n) is 5.51. The molecule has 124 valence electrons. The Balaban J connectivity index is 1.51. The number of amides is 1. The summed E-state index contributed by atoms with van der Waals surface area (Å²) in [5.41, 5.74) is 0. The van der Waals surface area contributed by atoms with E-state index in [9.17, 15) is 4.79 Å². The van der Waals surface area contributed by atoms with Crippen molar-refractivity contribution >= 4 is 5.91 Å². The molecule has 0 unspecified atom stereocenters. The zero-order valence-corrected chi connectivity index (χ0v) is 13.1. The van der Waals surface area contributed by atoms with E-state index in [0.717, 1.165) is 25.5 Å². The molecule has 1 saturated heterocycles. The fourth-order valence-corrected chi connectivity index (χ4v) is 2.68. The number of carbonyl (C=O) groups excluding carboxylic acids is 1. The van der Waals surface area contributed by atoms with Gasteiger partial charge in [-0.15, -0.1) is 5.10 Å². The van der Waals surface area contributed by atoms with Gasteiger partial charge in [0, 0.05) is 7.11 Å². The van der Waals surface area contributed by atoms with Crippen LogP contribution in [0.5, 0.6) is 0 Å². The number of quaternary nitrogens is 1. The first-order valence-electron chi connectivity index (χ1n) is 7.68. The Morgan fingerprint density at radius 2 is 2.26 bits per heavy atom. The molecular formula is C14H21N6O3+. The second-order valence-corrected chi connectivity index (χ2v) is 5.51. The maximum Gasteiger partial charge on any atom is 0.289 e. The summed E-state index contributed by atoms with van der Waals surface area (Å²) in [7, 11) is 1.66. The average molecular weight is 321 g/mol. The van der Waals surface area contributed by atoms with Gasteiger partial charge in [-0.05, 0) is 22.6 Å². The lowest BCUT2D eigenvalue weighted by atomic mass is 10.3. The maximum absolute atomic E-state index is 12.2. The molecule has 0 aromatic carbocycles. The molecule has 0 spiro atoms. The molecule has 9 nitrogen and oxygen atoms in total. The number of piperazine rings is 1. The molecule has 1 N–H and O–H groups in total. The van der Waals surface area contributed by atoms with Crippen LogP contribution in [0.2, 0.25) is 0 Å². The molecule has 9 heteroatoms. The Labute approximate surface area is 133 Å². The number of hydrogen-bond donors (Lipinski definition) is 1. The van der Waals surface area contributed by atoms with E-state index in [-0.39, 0.29) is 5.91 Å². The molecule has 2 aromatic rings. The minimum Gasteiger partial charge on any atom is -0.459 e. The standard InChI is InChI=1S/C14H20N6O3/c1-22-10-8-20-13(15-16-17-20)11-18-4-6-19(7-5-18)14(21)12-3-2-9-23-12/h2-3,9H,4-8,10-11H2,1H3/p+1. The zero-order chi connectivity index (χ0) is 16.1. The van der Waals surface area contributed by atoms with Gasteiger partial charge in [-0.25, -0.2) is 4.68 Å². The van der Waals surface area contributed by atoms with Crippen molar-refractivity contribution in [1.29, 1.82) is 0 Å². The number of rotatable bonds is 6. The number of furan rings is 1. The summed E-state index contributed by atoms with van der Waals surface area (Å²) in [6.07, 6.45) is 1.52. The Hall–Kier alpha value is -2.26. The van der Waals surface area contributed by atoms with Crippen LogP contribution >= 0.6 is 0 Å². The van der Waals surface area contributed by atoms with Crippen molar-refractivity contribution in [2.24, 2.45) is 0 Å². The van der Waals surface area contributed by atoms with Crippen molar-refractivity contribution in [3.8, 4) is 0 Å². The van der Waals surface area contributed by atoms with Crippen LogP contribution in [0.25, 0.3) is 0 Å². The Bertz CT molecular complexity index is 618. The van der Waals surface area contributed by atoms with E-state index < -0.39 is 0 Å². The highest BCUT2D eigenvalue weighted by atomic mass is 16.5. The number of aromatic nitrogens is 4. The lowest BCUT2D eigenvalue weighted by molar-refractivity contribution is -0.918. The lowest BCUT2D eigenvalue weighted by Gasteiger charge is -2.31. The summed E-state index contributed by atoms with van der Waals surface area (Å²) in [5, 5.41) is 11.8. The van der Waals surface area contributed by atoms with Crippen molar-refractivity contribution in [3.05, 3.63) is 30.0 Å². The van der Waals surface area contributed by atoms with E-state index in [1.165, 1.54) is 11.2 Å². The van der Waals surface area contributed by atoms with Crippen molar-refractivity contribution in [1.82, 2.24) is 25.1 Å². The van der Waals surface area contributed by atoms with Crippen LogP contribution in [0.3, 0.4) is 0 Å². The average Bonchev–Trinajstić information content (AvgIpc) is 3.25. The van der Waals surface area contributed by atoms with Crippen LogP contribution < -0.4 is 4.90 Å². The number of methoxy groups -OCH3 is 1. The van der Waals surface area contributed by atoms with Crippen LogP contribution in [0.1, 0.15) is 16.4 Å². The molecule has 2 aromatic heterocycles. The SMILES string of the molecule is COCCn1nnnc1C[NH+]1CCN(C(=O)c2ccco2)CC1. The van der Waals surface area contributed by atoms with E-state index in [1.807, 2.05) is 4.90 Å². The largest absolute Gasteiger partial charge is 0.459 e. The van der Waals surface area contributed by atoms with Gasteiger partial charge in [-0.3, -0.25) is 4.79 Å². The number of nitrogens with zero attached hydrogens (tertiary/aromatic N) is 5. The third-order valence-corrected chi connectivity index (χ3v) is 4.01. The monoisotopic (exact) mass is 321 g/mol. The van der Waals surface area contributed by atoms with Crippen LogP contribution in [-0.2, 0) is 17.8 Å². The minimum absolute atomic E-state index is 0.0426. The lowest BCUT2D eigenvalue weighted by Crippen LogP contribution is -3.13. The molecule has 0 atom stereocenters. The Morgan fingerprint density at radius 1 is 1.43 bits per heavy atom. The zero-order valence-electron chi connectivity index (χ0n) is 13.1. The van der Waals surface area contributed by atoms with Gasteiger partial charge in [-0.1, -0.05) is 0 Å². The highest BCUT2D eigenvalue weighted by Crippen LogP contribution is 2.05. The quantitative estimate of drug-likeness (QED) is 0.693.